The lowest BCUT2D eigenvalue weighted by atomic mass is 9.77. The molecule has 296 valence electrons. The zero-order valence-electron chi connectivity index (χ0n) is 35.5. The lowest BCUT2D eigenvalue weighted by Gasteiger charge is -2.26. The fourth-order valence-electron chi connectivity index (χ4n) is 10.8. The van der Waals surface area contributed by atoms with Crippen LogP contribution in [0.2, 0.25) is 0 Å². The molecule has 12 rings (SSSR count). The van der Waals surface area contributed by atoms with Crippen molar-refractivity contribution in [2.75, 3.05) is 0 Å². The maximum absolute atomic E-state index is 6.18. The SMILES string of the molecule is CC1(C)c2cc(-c3ccccc3)ccc2-c2ccc(C(c3ccc(-c4ccc5oc6ccccc6c5c4)cc3)c3ccc4c(c3)C(C)(C)c3cc(-c5ccccc5)ccc3-4)cc21. The number of hydrogen-bond donors (Lipinski definition) is 0. The molecular formula is C61H46O. The van der Waals surface area contributed by atoms with Crippen molar-refractivity contribution in [3.63, 3.8) is 0 Å². The Morgan fingerprint density at radius 3 is 1.24 bits per heavy atom. The predicted octanol–water partition coefficient (Wildman–Crippen LogP) is 16.4. The van der Waals surface area contributed by atoms with Crippen LogP contribution in [-0.2, 0) is 10.8 Å². The zero-order chi connectivity index (χ0) is 41.7. The van der Waals surface area contributed by atoms with E-state index < -0.39 is 0 Å². The fourth-order valence-corrected chi connectivity index (χ4v) is 10.8. The third-order valence-electron chi connectivity index (χ3n) is 14.2. The minimum atomic E-state index is -0.159. The maximum Gasteiger partial charge on any atom is 0.135 e. The second-order valence-corrected chi connectivity index (χ2v) is 18.5. The molecule has 0 fully saturated rings. The third-order valence-corrected chi connectivity index (χ3v) is 14.2. The molecule has 0 radical (unpaired) electrons. The number of furan rings is 1. The van der Waals surface area contributed by atoms with Crippen molar-refractivity contribution >= 4 is 21.9 Å². The lowest BCUT2D eigenvalue weighted by molar-refractivity contribution is 0.657. The summed E-state index contributed by atoms with van der Waals surface area (Å²) in [5.74, 6) is 0.0266. The summed E-state index contributed by atoms with van der Waals surface area (Å²) in [6, 6.07) is 74.5. The number of benzene rings is 9. The van der Waals surface area contributed by atoms with Gasteiger partial charge in [0.05, 0.1) is 0 Å². The van der Waals surface area contributed by atoms with Crippen LogP contribution >= 0.6 is 0 Å². The molecule has 62 heavy (non-hydrogen) atoms. The van der Waals surface area contributed by atoms with Crippen LogP contribution in [-0.4, -0.2) is 0 Å². The van der Waals surface area contributed by atoms with Crippen LogP contribution in [0.3, 0.4) is 0 Å². The molecule has 0 saturated heterocycles. The Labute approximate surface area is 364 Å². The summed E-state index contributed by atoms with van der Waals surface area (Å²) in [5, 5.41) is 2.30. The van der Waals surface area contributed by atoms with Crippen molar-refractivity contribution < 1.29 is 4.42 Å². The number of para-hydroxylation sites is 1. The number of rotatable bonds is 6. The van der Waals surface area contributed by atoms with Gasteiger partial charge in [0, 0.05) is 27.5 Å². The van der Waals surface area contributed by atoms with E-state index in [1.807, 2.05) is 12.1 Å². The molecule has 1 nitrogen and oxygen atoms in total. The van der Waals surface area contributed by atoms with Gasteiger partial charge >= 0.3 is 0 Å². The molecule has 10 aromatic rings. The first-order valence-corrected chi connectivity index (χ1v) is 21.9. The summed E-state index contributed by atoms with van der Waals surface area (Å²) in [7, 11) is 0. The van der Waals surface area contributed by atoms with Gasteiger partial charge in [-0.3, -0.25) is 0 Å². The van der Waals surface area contributed by atoms with E-state index in [4.69, 9.17) is 4.42 Å². The van der Waals surface area contributed by atoms with Crippen molar-refractivity contribution in [3.8, 4) is 55.6 Å². The molecule has 1 aromatic heterocycles. The predicted molar refractivity (Wildman–Crippen MR) is 259 cm³/mol. The van der Waals surface area contributed by atoms with Crippen molar-refractivity contribution in [1.82, 2.24) is 0 Å². The molecule has 9 aromatic carbocycles. The quantitative estimate of drug-likeness (QED) is 0.153. The third kappa shape index (κ3) is 5.61. The monoisotopic (exact) mass is 794 g/mol. The zero-order valence-corrected chi connectivity index (χ0v) is 35.5. The van der Waals surface area contributed by atoms with Gasteiger partial charge in [0.1, 0.15) is 11.2 Å². The van der Waals surface area contributed by atoms with E-state index in [0.29, 0.717) is 0 Å². The van der Waals surface area contributed by atoms with E-state index in [-0.39, 0.29) is 16.7 Å². The Morgan fingerprint density at radius 2 is 0.694 bits per heavy atom. The van der Waals surface area contributed by atoms with Gasteiger partial charge < -0.3 is 4.42 Å². The van der Waals surface area contributed by atoms with Crippen LogP contribution in [0.5, 0.6) is 0 Å². The second kappa shape index (κ2) is 13.6. The Kier molecular flexibility index (Phi) is 8.06. The largest absolute Gasteiger partial charge is 0.456 e. The Bertz CT molecular complexity index is 3230. The van der Waals surface area contributed by atoms with Crippen molar-refractivity contribution in [1.29, 1.82) is 0 Å². The first-order chi connectivity index (χ1) is 30.2. The molecule has 0 spiro atoms. The van der Waals surface area contributed by atoms with Gasteiger partial charge in [0.25, 0.3) is 0 Å². The molecule has 0 bridgehead atoms. The Morgan fingerprint density at radius 1 is 0.306 bits per heavy atom. The summed E-state index contributed by atoms with van der Waals surface area (Å²) in [6.07, 6.45) is 0. The molecule has 0 unspecified atom stereocenters. The van der Waals surface area contributed by atoms with E-state index in [2.05, 4.69) is 216 Å². The van der Waals surface area contributed by atoms with E-state index in [0.717, 1.165) is 21.9 Å². The summed E-state index contributed by atoms with van der Waals surface area (Å²) in [6.45, 7) is 9.61. The van der Waals surface area contributed by atoms with E-state index in [1.165, 1.54) is 94.6 Å². The normalized spacial score (nSPS) is 14.2. The van der Waals surface area contributed by atoms with Gasteiger partial charge in [-0.1, -0.05) is 198 Å². The second-order valence-electron chi connectivity index (χ2n) is 18.5. The molecule has 0 aliphatic heterocycles. The minimum Gasteiger partial charge on any atom is -0.456 e. The van der Waals surface area contributed by atoms with E-state index in [9.17, 15) is 0 Å². The topological polar surface area (TPSA) is 13.1 Å². The summed E-state index contributed by atoms with van der Waals surface area (Å²) >= 11 is 0. The molecule has 2 aliphatic carbocycles. The van der Waals surface area contributed by atoms with Gasteiger partial charge in [-0.05, 0) is 125 Å². The highest BCUT2D eigenvalue weighted by molar-refractivity contribution is 6.06. The minimum absolute atomic E-state index is 0.0266. The van der Waals surface area contributed by atoms with Gasteiger partial charge in [0.2, 0.25) is 0 Å². The van der Waals surface area contributed by atoms with Crippen LogP contribution in [0, 0.1) is 0 Å². The van der Waals surface area contributed by atoms with Gasteiger partial charge in [-0.15, -0.1) is 0 Å². The molecule has 0 N–H and O–H groups in total. The Hall–Kier alpha value is -7.22. The first kappa shape index (κ1) is 36.6. The number of fused-ring (bicyclic) bond motifs is 9. The van der Waals surface area contributed by atoms with Crippen molar-refractivity contribution in [2.45, 2.75) is 44.4 Å². The summed E-state index contributed by atoms with van der Waals surface area (Å²) < 4.78 is 6.18. The molecular weight excluding hydrogens is 749 g/mol. The van der Waals surface area contributed by atoms with Crippen LogP contribution in [0.25, 0.3) is 77.6 Å². The average molecular weight is 795 g/mol. The van der Waals surface area contributed by atoms with Gasteiger partial charge in [-0.2, -0.15) is 0 Å². The lowest BCUT2D eigenvalue weighted by Crippen LogP contribution is -2.17. The Balaban J connectivity index is 0.976. The molecule has 0 amide bonds. The van der Waals surface area contributed by atoms with Crippen LogP contribution in [0.4, 0.5) is 0 Å². The highest BCUT2D eigenvalue weighted by atomic mass is 16.3. The van der Waals surface area contributed by atoms with Gasteiger partial charge in [0.15, 0.2) is 0 Å². The fraction of sp³-hybridized carbons (Fsp3) is 0.115. The summed E-state index contributed by atoms with van der Waals surface area (Å²) in [5.41, 5.74) is 23.8. The van der Waals surface area contributed by atoms with E-state index >= 15 is 0 Å². The average Bonchev–Trinajstić information content (AvgIpc) is 3.88. The van der Waals surface area contributed by atoms with Crippen LogP contribution in [0.15, 0.2) is 205 Å². The van der Waals surface area contributed by atoms with E-state index in [1.54, 1.807) is 0 Å². The molecule has 1 heterocycles. The van der Waals surface area contributed by atoms with Crippen molar-refractivity contribution in [2.24, 2.45) is 0 Å². The highest BCUT2D eigenvalue weighted by Gasteiger charge is 2.38. The smallest absolute Gasteiger partial charge is 0.135 e. The molecule has 0 atom stereocenters. The molecule has 1 heteroatoms. The standard InChI is InChI=1S/C61H46O/c1-60(2)53-34-43(38-13-7-5-8-14-38)23-28-47(53)49-30-25-45(36-55(49)60)59(41-21-19-40(20-22-41)42-27-32-58-52(33-42)51-17-11-12-18-57(51)62-58)46-26-31-50-48-29-24-44(39-15-9-6-10-16-39)35-54(48)61(3,4)56(50)37-46/h5-37,59H,1-4H3. The number of hydrogen-bond acceptors (Lipinski definition) is 1. The molecule has 0 saturated carbocycles. The molecule has 2 aliphatic rings. The maximum atomic E-state index is 6.18. The highest BCUT2D eigenvalue weighted by Crippen LogP contribution is 2.53. The van der Waals surface area contributed by atoms with Gasteiger partial charge in [-0.25, -0.2) is 0 Å². The summed E-state index contributed by atoms with van der Waals surface area (Å²) in [4.78, 5) is 0. The van der Waals surface area contributed by atoms with Crippen molar-refractivity contribution in [3.05, 3.63) is 239 Å². The first-order valence-electron chi connectivity index (χ1n) is 21.9. The van der Waals surface area contributed by atoms with Crippen LogP contribution < -0.4 is 0 Å². The van der Waals surface area contributed by atoms with Crippen LogP contribution in [0.1, 0.15) is 72.6 Å².